The van der Waals surface area contributed by atoms with Gasteiger partial charge in [0.05, 0.1) is 31.1 Å². The van der Waals surface area contributed by atoms with Crippen molar-refractivity contribution in [1.82, 2.24) is 19.5 Å². The van der Waals surface area contributed by atoms with E-state index in [1.807, 2.05) is 31.0 Å². The molecule has 9 heteroatoms. The summed E-state index contributed by atoms with van der Waals surface area (Å²) in [6.45, 7) is 4.07. The van der Waals surface area contributed by atoms with Crippen LogP contribution in [0.25, 0.3) is 22.3 Å². The van der Waals surface area contributed by atoms with E-state index < -0.39 is 0 Å². The maximum Gasteiger partial charge on any atom is 0.294 e. The molecule has 1 aliphatic rings. The number of hydrogen-bond donors (Lipinski definition) is 0. The lowest BCUT2D eigenvalue weighted by molar-refractivity contribution is 0.111. The van der Waals surface area contributed by atoms with Crippen LogP contribution >= 0.6 is 0 Å². The Balaban J connectivity index is 1.79. The highest BCUT2D eigenvalue weighted by Crippen LogP contribution is 2.24. The molecule has 4 heterocycles. The van der Waals surface area contributed by atoms with Crippen molar-refractivity contribution in [3.8, 4) is 17.1 Å². The molecule has 1 fully saturated rings. The normalized spacial score (nSPS) is 16.0. The van der Waals surface area contributed by atoms with Gasteiger partial charge in [-0.25, -0.2) is 9.97 Å². The number of nitrogens with zero attached hydrogens (tertiary/aromatic N) is 5. The van der Waals surface area contributed by atoms with E-state index in [4.69, 9.17) is 14.2 Å². The van der Waals surface area contributed by atoms with Gasteiger partial charge in [0.15, 0.2) is 5.82 Å². The van der Waals surface area contributed by atoms with E-state index in [1.165, 1.54) is 0 Å². The van der Waals surface area contributed by atoms with Crippen LogP contribution in [0, 0.1) is 0 Å². The molecule has 1 saturated heterocycles. The topological polar surface area (TPSA) is 91.6 Å². The van der Waals surface area contributed by atoms with Crippen molar-refractivity contribution in [1.29, 1.82) is 0 Å². The maximum absolute atomic E-state index is 13.4. The molecule has 0 amide bonds. The van der Waals surface area contributed by atoms with Crippen LogP contribution in [0.4, 0.5) is 5.82 Å². The minimum Gasteiger partial charge on any atom is -0.481 e. The summed E-state index contributed by atoms with van der Waals surface area (Å²) in [4.78, 5) is 28.7. The molecule has 0 aliphatic carbocycles. The van der Waals surface area contributed by atoms with Crippen LogP contribution < -0.4 is 15.2 Å². The minimum absolute atomic E-state index is 0.143. The molecular weight excluding hydrogens is 398 g/mol. The van der Waals surface area contributed by atoms with E-state index in [2.05, 4.69) is 15.0 Å². The first-order chi connectivity index (χ1) is 15.1. The lowest BCUT2D eigenvalue weighted by Gasteiger charge is -2.25. The van der Waals surface area contributed by atoms with Crippen LogP contribution in [-0.4, -0.2) is 59.7 Å². The number of hydrogen-bond acceptors (Lipinski definition) is 8. The SMILES string of the molecule is CCOCCn1c(=O)c(N(C)[C@@H]2CCCO2)nc2cnc(-c3ccc(OC)nc3)cc21. The van der Waals surface area contributed by atoms with Crippen LogP contribution in [0.3, 0.4) is 0 Å². The van der Waals surface area contributed by atoms with Crippen molar-refractivity contribution in [2.24, 2.45) is 0 Å². The average Bonchev–Trinajstić information content (AvgIpc) is 3.35. The Kier molecular flexibility index (Phi) is 6.43. The number of rotatable bonds is 8. The van der Waals surface area contributed by atoms with E-state index in [1.54, 1.807) is 30.1 Å². The number of ether oxygens (including phenoxy) is 3. The molecule has 0 bridgehead atoms. The van der Waals surface area contributed by atoms with E-state index in [-0.39, 0.29) is 11.8 Å². The number of pyridine rings is 2. The molecule has 3 aromatic heterocycles. The second-order valence-electron chi connectivity index (χ2n) is 7.32. The molecule has 0 radical (unpaired) electrons. The monoisotopic (exact) mass is 425 g/mol. The average molecular weight is 425 g/mol. The molecule has 31 heavy (non-hydrogen) atoms. The predicted octanol–water partition coefficient (Wildman–Crippen LogP) is 2.47. The zero-order valence-electron chi connectivity index (χ0n) is 18.1. The highest BCUT2D eigenvalue weighted by Gasteiger charge is 2.25. The van der Waals surface area contributed by atoms with Crippen molar-refractivity contribution < 1.29 is 14.2 Å². The van der Waals surface area contributed by atoms with Crippen molar-refractivity contribution in [3.05, 3.63) is 40.9 Å². The molecule has 0 aromatic carbocycles. The molecule has 0 saturated carbocycles. The molecule has 1 atom stereocenters. The number of fused-ring (bicyclic) bond motifs is 1. The van der Waals surface area contributed by atoms with Crippen molar-refractivity contribution >= 4 is 16.9 Å². The lowest BCUT2D eigenvalue weighted by Crippen LogP contribution is -2.38. The Morgan fingerprint density at radius 1 is 1.29 bits per heavy atom. The van der Waals surface area contributed by atoms with Crippen LogP contribution in [0.1, 0.15) is 19.8 Å². The summed E-state index contributed by atoms with van der Waals surface area (Å²) >= 11 is 0. The summed E-state index contributed by atoms with van der Waals surface area (Å²) in [7, 11) is 3.42. The molecule has 0 spiro atoms. The zero-order valence-corrected chi connectivity index (χ0v) is 18.1. The second-order valence-corrected chi connectivity index (χ2v) is 7.32. The van der Waals surface area contributed by atoms with E-state index in [0.717, 1.165) is 18.4 Å². The highest BCUT2D eigenvalue weighted by molar-refractivity contribution is 5.80. The predicted molar refractivity (Wildman–Crippen MR) is 117 cm³/mol. The molecule has 3 aromatic rings. The largest absolute Gasteiger partial charge is 0.481 e. The van der Waals surface area contributed by atoms with Gasteiger partial charge in [0.2, 0.25) is 5.88 Å². The van der Waals surface area contributed by atoms with Crippen molar-refractivity contribution in [3.63, 3.8) is 0 Å². The quantitative estimate of drug-likeness (QED) is 0.509. The summed E-state index contributed by atoms with van der Waals surface area (Å²) in [5, 5.41) is 0. The third-order valence-electron chi connectivity index (χ3n) is 5.39. The van der Waals surface area contributed by atoms with Crippen LogP contribution in [0.2, 0.25) is 0 Å². The summed E-state index contributed by atoms with van der Waals surface area (Å²) in [5.41, 5.74) is 2.70. The van der Waals surface area contributed by atoms with E-state index >= 15 is 0 Å². The van der Waals surface area contributed by atoms with Gasteiger partial charge >= 0.3 is 0 Å². The van der Waals surface area contributed by atoms with Gasteiger partial charge in [-0.1, -0.05) is 0 Å². The van der Waals surface area contributed by atoms with Crippen LogP contribution in [0.15, 0.2) is 35.4 Å². The summed E-state index contributed by atoms with van der Waals surface area (Å²) < 4.78 is 18.1. The standard InChI is InChI=1S/C22H27N5O4/c1-4-30-11-9-27-18-12-16(15-7-8-19(29-3)24-13-15)23-14-17(18)25-21(22(27)28)26(2)20-6-5-10-31-20/h7-8,12-14,20H,4-6,9-11H2,1-3H3/t20-/m0/s1. The second kappa shape index (κ2) is 9.40. The summed E-state index contributed by atoms with van der Waals surface area (Å²) in [6, 6.07) is 5.53. The van der Waals surface area contributed by atoms with Gasteiger partial charge in [-0.15, -0.1) is 0 Å². The fraction of sp³-hybridized carbons (Fsp3) is 0.455. The van der Waals surface area contributed by atoms with Gasteiger partial charge in [-0.2, -0.15) is 0 Å². The maximum atomic E-state index is 13.4. The first-order valence-electron chi connectivity index (χ1n) is 10.5. The first kappa shape index (κ1) is 21.2. The van der Waals surface area contributed by atoms with E-state index in [9.17, 15) is 4.79 Å². The fourth-order valence-electron chi connectivity index (χ4n) is 3.70. The Hall–Kier alpha value is -3.04. The molecule has 0 unspecified atom stereocenters. The molecular formula is C22H27N5O4. The Morgan fingerprint density at radius 3 is 2.84 bits per heavy atom. The minimum atomic E-state index is -0.171. The third kappa shape index (κ3) is 4.38. The van der Waals surface area contributed by atoms with Gasteiger partial charge < -0.3 is 23.7 Å². The Labute approximate surface area is 180 Å². The number of anilines is 1. The van der Waals surface area contributed by atoms with Gasteiger partial charge in [-0.3, -0.25) is 9.78 Å². The number of aromatic nitrogens is 4. The van der Waals surface area contributed by atoms with Gasteiger partial charge in [0, 0.05) is 44.6 Å². The Morgan fingerprint density at radius 2 is 2.16 bits per heavy atom. The van der Waals surface area contributed by atoms with Crippen LogP contribution in [0.5, 0.6) is 5.88 Å². The highest BCUT2D eigenvalue weighted by atomic mass is 16.5. The van der Waals surface area contributed by atoms with E-state index in [0.29, 0.717) is 54.8 Å². The molecule has 164 valence electrons. The van der Waals surface area contributed by atoms with Crippen molar-refractivity contribution in [2.75, 3.05) is 38.9 Å². The van der Waals surface area contributed by atoms with Gasteiger partial charge in [0.25, 0.3) is 5.56 Å². The van der Waals surface area contributed by atoms with Gasteiger partial charge in [0.1, 0.15) is 11.7 Å². The molecule has 9 nitrogen and oxygen atoms in total. The Bertz CT molecular complexity index is 1090. The molecule has 4 rings (SSSR count). The summed E-state index contributed by atoms with van der Waals surface area (Å²) in [6.07, 6.45) is 5.09. The third-order valence-corrected chi connectivity index (χ3v) is 5.39. The first-order valence-corrected chi connectivity index (χ1v) is 10.5. The van der Waals surface area contributed by atoms with Crippen LogP contribution in [-0.2, 0) is 16.0 Å². The molecule has 1 aliphatic heterocycles. The lowest BCUT2D eigenvalue weighted by atomic mass is 10.2. The molecule has 0 N–H and O–H groups in total. The number of methoxy groups -OCH3 is 1. The fourth-order valence-corrected chi connectivity index (χ4v) is 3.70. The van der Waals surface area contributed by atoms with Gasteiger partial charge in [-0.05, 0) is 31.9 Å². The van der Waals surface area contributed by atoms with Crippen molar-refractivity contribution in [2.45, 2.75) is 32.5 Å². The smallest absolute Gasteiger partial charge is 0.294 e. The summed E-state index contributed by atoms with van der Waals surface area (Å²) in [5.74, 6) is 0.887. The zero-order chi connectivity index (χ0) is 21.8.